The molecule has 0 unspecified atom stereocenters. The number of carbonyl (C=O) groups is 3. The fraction of sp³-hybridized carbons (Fsp3) is 0.500. The van der Waals surface area contributed by atoms with Crippen molar-refractivity contribution in [1.29, 1.82) is 0 Å². The van der Waals surface area contributed by atoms with Crippen molar-refractivity contribution in [1.82, 2.24) is 10.2 Å². The third kappa shape index (κ3) is 4.16. The van der Waals surface area contributed by atoms with Gasteiger partial charge >= 0.3 is 5.97 Å². The van der Waals surface area contributed by atoms with Crippen LogP contribution in [-0.2, 0) is 14.3 Å². The van der Waals surface area contributed by atoms with Gasteiger partial charge in [-0.15, -0.1) is 0 Å². The fourth-order valence-electron chi connectivity index (χ4n) is 2.40. The molecule has 2 heterocycles. The Labute approximate surface area is 122 Å². The van der Waals surface area contributed by atoms with Gasteiger partial charge in [-0.25, -0.2) is 0 Å². The van der Waals surface area contributed by atoms with Crippen LogP contribution in [0.1, 0.15) is 23.4 Å². The van der Waals surface area contributed by atoms with E-state index in [0.717, 1.165) is 19.4 Å². The molecule has 1 aromatic heterocycles. The van der Waals surface area contributed by atoms with E-state index in [0.29, 0.717) is 6.54 Å². The van der Waals surface area contributed by atoms with Crippen LogP contribution in [0.5, 0.6) is 0 Å². The highest BCUT2D eigenvalue weighted by Crippen LogP contribution is 2.17. The highest BCUT2D eigenvalue weighted by Gasteiger charge is 2.27. The average molecular weight is 294 g/mol. The molecule has 1 aromatic rings. The number of amides is 2. The van der Waals surface area contributed by atoms with Gasteiger partial charge in [0.15, 0.2) is 5.76 Å². The second-order valence-electron chi connectivity index (χ2n) is 4.95. The zero-order chi connectivity index (χ0) is 15.2. The van der Waals surface area contributed by atoms with Gasteiger partial charge in [0.1, 0.15) is 0 Å². The normalized spacial score (nSPS) is 19.0. The van der Waals surface area contributed by atoms with Crippen LogP contribution in [0, 0.1) is 5.92 Å². The molecule has 7 heteroatoms. The van der Waals surface area contributed by atoms with Crippen molar-refractivity contribution >= 4 is 17.8 Å². The van der Waals surface area contributed by atoms with Gasteiger partial charge in [0.25, 0.3) is 5.91 Å². The SMILES string of the molecule is COC(=O)[C@H]1CCCN(CC(=O)NC(=O)c2ccco2)C1. The molecule has 2 amide bonds. The molecule has 7 nitrogen and oxygen atoms in total. The van der Waals surface area contributed by atoms with Crippen LogP contribution in [0.15, 0.2) is 22.8 Å². The van der Waals surface area contributed by atoms with E-state index in [1.54, 1.807) is 6.07 Å². The van der Waals surface area contributed by atoms with E-state index in [1.807, 2.05) is 4.90 Å². The number of rotatable bonds is 4. The second-order valence-corrected chi connectivity index (χ2v) is 4.95. The molecule has 0 aromatic carbocycles. The number of likely N-dealkylation sites (tertiary alicyclic amines) is 1. The number of furan rings is 1. The summed E-state index contributed by atoms with van der Waals surface area (Å²) in [4.78, 5) is 36.8. The van der Waals surface area contributed by atoms with E-state index in [2.05, 4.69) is 5.32 Å². The van der Waals surface area contributed by atoms with Crippen molar-refractivity contribution in [2.45, 2.75) is 12.8 Å². The van der Waals surface area contributed by atoms with E-state index in [1.165, 1.54) is 19.4 Å². The van der Waals surface area contributed by atoms with Gasteiger partial charge in [0.05, 0.1) is 25.8 Å². The van der Waals surface area contributed by atoms with Crippen LogP contribution in [0.3, 0.4) is 0 Å². The van der Waals surface area contributed by atoms with Crippen molar-refractivity contribution < 1.29 is 23.5 Å². The second kappa shape index (κ2) is 7.03. The molecule has 1 N–H and O–H groups in total. The first kappa shape index (κ1) is 15.2. The first-order chi connectivity index (χ1) is 10.1. The van der Waals surface area contributed by atoms with Crippen molar-refractivity contribution in [3.63, 3.8) is 0 Å². The average Bonchev–Trinajstić information content (AvgIpc) is 3.00. The van der Waals surface area contributed by atoms with Crippen LogP contribution in [-0.4, -0.2) is 49.4 Å². The third-order valence-corrected chi connectivity index (χ3v) is 3.41. The van der Waals surface area contributed by atoms with Crippen LogP contribution >= 0.6 is 0 Å². The molecule has 1 aliphatic heterocycles. The smallest absolute Gasteiger partial charge is 0.309 e. The molecule has 0 bridgehead atoms. The molecule has 1 fully saturated rings. The van der Waals surface area contributed by atoms with Crippen molar-refractivity contribution in [2.75, 3.05) is 26.7 Å². The lowest BCUT2D eigenvalue weighted by atomic mass is 9.98. The molecule has 0 aliphatic carbocycles. The Morgan fingerprint density at radius 2 is 2.29 bits per heavy atom. The summed E-state index contributed by atoms with van der Waals surface area (Å²) in [6, 6.07) is 3.06. The number of ether oxygens (including phenoxy) is 1. The minimum absolute atomic E-state index is 0.0694. The standard InChI is InChI=1S/C14H18N2O5/c1-20-14(19)10-4-2-6-16(8-10)9-12(17)15-13(18)11-5-3-7-21-11/h3,5,7,10H,2,4,6,8-9H2,1H3,(H,15,17,18)/t10-/m0/s1. The van der Waals surface area contributed by atoms with E-state index < -0.39 is 11.8 Å². The number of hydrogen-bond donors (Lipinski definition) is 1. The molecule has 114 valence electrons. The quantitative estimate of drug-likeness (QED) is 0.810. The molecule has 21 heavy (non-hydrogen) atoms. The molecule has 1 aliphatic rings. The summed E-state index contributed by atoms with van der Waals surface area (Å²) in [6.45, 7) is 1.25. The monoisotopic (exact) mass is 294 g/mol. The van der Waals surface area contributed by atoms with Gasteiger partial charge in [-0.1, -0.05) is 0 Å². The Bertz CT molecular complexity index is 511. The van der Waals surface area contributed by atoms with Crippen molar-refractivity contribution in [3.8, 4) is 0 Å². The van der Waals surface area contributed by atoms with Gasteiger partial charge in [-0.3, -0.25) is 24.6 Å². The number of esters is 1. The lowest BCUT2D eigenvalue weighted by molar-refractivity contribution is -0.147. The predicted molar refractivity (Wildman–Crippen MR) is 72.4 cm³/mol. The maximum Gasteiger partial charge on any atom is 0.309 e. The summed E-state index contributed by atoms with van der Waals surface area (Å²) in [6.07, 6.45) is 2.94. The number of methoxy groups -OCH3 is 1. The maximum atomic E-state index is 11.8. The summed E-state index contributed by atoms with van der Waals surface area (Å²) in [5, 5.41) is 2.26. The minimum Gasteiger partial charge on any atom is -0.469 e. The Morgan fingerprint density at radius 3 is 2.95 bits per heavy atom. The van der Waals surface area contributed by atoms with Crippen LogP contribution in [0.2, 0.25) is 0 Å². The summed E-state index contributed by atoms with van der Waals surface area (Å²) in [7, 11) is 1.36. The van der Waals surface area contributed by atoms with Crippen molar-refractivity contribution in [3.05, 3.63) is 24.2 Å². The minimum atomic E-state index is -0.563. The Morgan fingerprint density at radius 1 is 1.48 bits per heavy atom. The maximum absolute atomic E-state index is 11.8. The van der Waals surface area contributed by atoms with E-state index in [-0.39, 0.29) is 24.2 Å². The number of imide groups is 1. The molecule has 1 atom stereocenters. The third-order valence-electron chi connectivity index (χ3n) is 3.41. The van der Waals surface area contributed by atoms with E-state index in [9.17, 15) is 14.4 Å². The predicted octanol–water partition coefficient (Wildman–Crippen LogP) is 0.421. The van der Waals surface area contributed by atoms with Crippen molar-refractivity contribution in [2.24, 2.45) is 5.92 Å². The topological polar surface area (TPSA) is 88.9 Å². The molecule has 0 spiro atoms. The van der Waals surface area contributed by atoms with Gasteiger partial charge in [0, 0.05) is 6.54 Å². The van der Waals surface area contributed by atoms with Crippen LogP contribution < -0.4 is 5.32 Å². The van der Waals surface area contributed by atoms with Crippen LogP contribution in [0.4, 0.5) is 0 Å². The number of carbonyl (C=O) groups excluding carboxylic acids is 3. The first-order valence-electron chi connectivity index (χ1n) is 6.78. The summed E-state index contributed by atoms with van der Waals surface area (Å²) < 4.78 is 9.63. The van der Waals surface area contributed by atoms with Gasteiger partial charge in [-0.2, -0.15) is 0 Å². The highest BCUT2D eigenvalue weighted by molar-refractivity contribution is 6.03. The highest BCUT2D eigenvalue weighted by atomic mass is 16.5. The largest absolute Gasteiger partial charge is 0.469 e. The molecule has 0 radical (unpaired) electrons. The fourth-order valence-corrected chi connectivity index (χ4v) is 2.40. The summed E-state index contributed by atoms with van der Waals surface area (Å²) in [5.74, 6) is -1.35. The molecular formula is C14H18N2O5. The first-order valence-corrected chi connectivity index (χ1v) is 6.78. The van der Waals surface area contributed by atoms with Gasteiger partial charge < -0.3 is 9.15 Å². The van der Waals surface area contributed by atoms with Gasteiger partial charge in [-0.05, 0) is 31.5 Å². The Kier molecular flexibility index (Phi) is 5.10. The van der Waals surface area contributed by atoms with E-state index >= 15 is 0 Å². The van der Waals surface area contributed by atoms with Gasteiger partial charge in [0.2, 0.25) is 5.91 Å². The molecule has 1 saturated heterocycles. The molecule has 0 saturated carbocycles. The lowest BCUT2D eigenvalue weighted by Crippen LogP contribution is -2.45. The van der Waals surface area contributed by atoms with E-state index in [4.69, 9.17) is 9.15 Å². The Hall–Kier alpha value is -2.15. The summed E-state index contributed by atoms with van der Waals surface area (Å²) in [5.41, 5.74) is 0. The number of piperidine rings is 1. The Balaban J connectivity index is 1.82. The summed E-state index contributed by atoms with van der Waals surface area (Å²) >= 11 is 0. The van der Waals surface area contributed by atoms with Crippen LogP contribution in [0.25, 0.3) is 0 Å². The zero-order valence-corrected chi connectivity index (χ0v) is 11.8. The molecule has 2 rings (SSSR count). The zero-order valence-electron chi connectivity index (χ0n) is 11.8. The number of nitrogens with zero attached hydrogens (tertiary/aromatic N) is 1. The number of hydrogen-bond acceptors (Lipinski definition) is 6. The lowest BCUT2D eigenvalue weighted by Gasteiger charge is -2.30. The molecular weight excluding hydrogens is 276 g/mol. The number of nitrogens with one attached hydrogen (secondary N) is 1.